The Morgan fingerprint density at radius 2 is 1.92 bits per heavy atom. The molecule has 4 nitrogen and oxygen atoms in total. The van der Waals surface area contributed by atoms with Crippen LogP contribution in [-0.2, 0) is 13.1 Å². The molecule has 2 aromatic carbocycles. The molecule has 1 aromatic heterocycles. The van der Waals surface area contributed by atoms with Gasteiger partial charge in [0.1, 0.15) is 23.7 Å². The number of aliphatic hydroxyl groups excluding tert-OH is 1. The van der Waals surface area contributed by atoms with Crippen molar-refractivity contribution >= 4 is 40.2 Å². The van der Waals surface area contributed by atoms with E-state index in [9.17, 15) is 5.11 Å². The quantitative estimate of drug-likeness (QED) is 0.673. The smallest absolute Gasteiger partial charge is 0.356 e. The molecular weight excluding hydrogens is 345 g/mol. The van der Waals surface area contributed by atoms with Crippen molar-refractivity contribution in [3.63, 3.8) is 0 Å². The van der Waals surface area contributed by atoms with Gasteiger partial charge in [-0.05, 0) is 36.2 Å². The zero-order chi connectivity index (χ0) is 17.3. The number of nitrogens with zero attached hydrogens (tertiary/aromatic N) is 2. The molecule has 24 heavy (non-hydrogen) atoms. The molecule has 0 spiro atoms. The zero-order valence-electron chi connectivity index (χ0n) is 13.4. The minimum Gasteiger partial charge on any atom is -0.385 e. The maximum absolute atomic E-state index is 10.6. The van der Waals surface area contributed by atoms with Gasteiger partial charge < -0.3 is 5.11 Å². The monoisotopic (exact) mass is 364 g/mol. The summed E-state index contributed by atoms with van der Waals surface area (Å²) in [5.74, 6) is 0.636. The summed E-state index contributed by atoms with van der Waals surface area (Å²) in [5.41, 5.74) is 9.13. The van der Waals surface area contributed by atoms with E-state index in [0.717, 1.165) is 24.0 Å². The SMILES string of the molecule is CCCn1c(N)[n+](C[C@H](O)c2ccc(Cl)c(Cl)c2)c2ccccc21. The molecule has 0 unspecified atom stereocenters. The minimum absolute atomic E-state index is 0.348. The van der Waals surface area contributed by atoms with E-state index in [4.69, 9.17) is 28.9 Å². The predicted octanol–water partition coefficient (Wildman–Crippen LogP) is 3.96. The second-order valence-electron chi connectivity index (χ2n) is 5.80. The van der Waals surface area contributed by atoms with Gasteiger partial charge in [-0.1, -0.05) is 48.3 Å². The Morgan fingerprint density at radius 3 is 2.62 bits per heavy atom. The van der Waals surface area contributed by atoms with E-state index < -0.39 is 6.10 Å². The maximum atomic E-state index is 10.6. The molecule has 3 aromatic rings. The van der Waals surface area contributed by atoms with Crippen molar-refractivity contribution in [3.05, 3.63) is 58.1 Å². The van der Waals surface area contributed by atoms with Crippen LogP contribution in [0.15, 0.2) is 42.5 Å². The first-order valence-corrected chi connectivity index (χ1v) is 8.68. The van der Waals surface area contributed by atoms with Gasteiger partial charge in [0.25, 0.3) is 0 Å². The van der Waals surface area contributed by atoms with Gasteiger partial charge in [-0.3, -0.25) is 5.73 Å². The van der Waals surface area contributed by atoms with E-state index in [1.165, 1.54) is 0 Å². The van der Waals surface area contributed by atoms with E-state index in [2.05, 4.69) is 11.5 Å². The Kier molecular flexibility index (Phi) is 4.99. The highest BCUT2D eigenvalue weighted by Gasteiger charge is 2.23. The van der Waals surface area contributed by atoms with Gasteiger partial charge in [-0.2, -0.15) is 0 Å². The first-order valence-electron chi connectivity index (χ1n) is 7.92. The van der Waals surface area contributed by atoms with E-state index in [-0.39, 0.29) is 0 Å². The molecular formula is C18H20Cl2N3O+. The summed E-state index contributed by atoms with van der Waals surface area (Å²) >= 11 is 12.0. The average Bonchev–Trinajstić information content (AvgIpc) is 2.83. The molecule has 0 aliphatic rings. The number of anilines is 1. The molecule has 3 N–H and O–H groups in total. The topological polar surface area (TPSA) is 55.1 Å². The molecule has 3 rings (SSSR count). The van der Waals surface area contributed by atoms with Gasteiger partial charge in [0, 0.05) is 0 Å². The number of rotatable bonds is 5. The third kappa shape index (κ3) is 3.09. The molecule has 6 heteroatoms. The number of aryl methyl sites for hydroxylation is 1. The van der Waals surface area contributed by atoms with Gasteiger partial charge in [-0.15, -0.1) is 0 Å². The van der Waals surface area contributed by atoms with Crippen molar-refractivity contribution in [1.82, 2.24) is 4.57 Å². The van der Waals surface area contributed by atoms with Gasteiger partial charge in [-0.25, -0.2) is 9.13 Å². The van der Waals surface area contributed by atoms with Crippen LogP contribution in [0.25, 0.3) is 11.0 Å². The van der Waals surface area contributed by atoms with Crippen LogP contribution >= 0.6 is 23.2 Å². The molecule has 0 aliphatic heterocycles. The summed E-state index contributed by atoms with van der Waals surface area (Å²) in [6.45, 7) is 3.30. The van der Waals surface area contributed by atoms with Crippen molar-refractivity contribution in [2.24, 2.45) is 0 Å². The van der Waals surface area contributed by atoms with Crippen LogP contribution in [0.3, 0.4) is 0 Å². The van der Waals surface area contributed by atoms with Crippen LogP contribution in [0, 0.1) is 0 Å². The Bertz CT molecular complexity index is 876. The molecule has 0 amide bonds. The zero-order valence-corrected chi connectivity index (χ0v) is 14.9. The van der Waals surface area contributed by atoms with Crippen molar-refractivity contribution in [2.45, 2.75) is 32.5 Å². The fourth-order valence-corrected chi connectivity index (χ4v) is 3.27. The highest BCUT2D eigenvalue weighted by molar-refractivity contribution is 6.42. The third-order valence-corrected chi connectivity index (χ3v) is 4.89. The Hall–Kier alpha value is -1.75. The number of nitrogens with two attached hydrogens (primary N) is 1. The summed E-state index contributed by atoms with van der Waals surface area (Å²) in [5, 5.41) is 11.5. The van der Waals surface area contributed by atoms with Gasteiger partial charge in [0.2, 0.25) is 0 Å². The molecule has 1 atom stereocenters. The second kappa shape index (κ2) is 7.01. The summed E-state index contributed by atoms with van der Waals surface area (Å²) < 4.78 is 4.02. The normalized spacial score (nSPS) is 12.7. The minimum atomic E-state index is -0.729. The van der Waals surface area contributed by atoms with Crippen LogP contribution in [0.2, 0.25) is 10.0 Å². The highest BCUT2D eigenvalue weighted by atomic mass is 35.5. The number of hydrogen-bond donors (Lipinski definition) is 2. The number of imidazole rings is 1. The van der Waals surface area contributed by atoms with E-state index in [0.29, 0.717) is 28.1 Å². The first kappa shape index (κ1) is 17.1. The van der Waals surface area contributed by atoms with Crippen LogP contribution < -0.4 is 10.3 Å². The molecule has 0 saturated carbocycles. The van der Waals surface area contributed by atoms with Gasteiger partial charge in [0.05, 0.1) is 16.6 Å². The highest BCUT2D eigenvalue weighted by Crippen LogP contribution is 2.26. The van der Waals surface area contributed by atoms with Gasteiger partial charge >= 0.3 is 5.95 Å². The summed E-state index contributed by atoms with van der Waals surface area (Å²) in [6.07, 6.45) is 0.256. The number of hydrogen-bond acceptors (Lipinski definition) is 2. The number of aromatic nitrogens is 2. The van der Waals surface area contributed by atoms with Crippen molar-refractivity contribution < 1.29 is 9.67 Å². The van der Waals surface area contributed by atoms with Crippen LogP contribution in [0.4, 0.5) is 5.95 Å². The molecule has 0 bridgehead atoms. The lowest BCUT2D eigenvalue weighted by Gasteiger charge is -2.11. The van der Waals surface area contributed by atoms with E-state index in [1.54, 1.807) is 18.2 Å². The van der Waals surface area contributed by atoms with E-state index in [1.807, 2.05) is 28.8 Å². The Balaban J connectivity index is 2.00. The number of halogens is 2. The largest absolute Gasteiger partial charge is 0.385 e. The van der Waals surface area contributed by atoms with Crippen LogP contribution in [0.5, 0.6) is 0 Å². The predicted molar refractivity (Wildman–Crippen MR) is 98.3 cm³/mol. The number of benzene rings is 2. The lowest BCUT2D eigenvalue weighted by Crippen LogP contribution is -2.39. The third-order valence-electron chi connectivity index (χ3n) is 4.15. The molecule has 0 radical (unpaired) electrons. The molecule has 0 fully saturated rings. The number of fused-ring (bicyclic) bond motifs is 1. The van der Waals surface area contributed by atoms with Gasteiger partial charge in [0.15, 0.2) is 0 Å². The Morgan fingerprint density at radius 1 is 1.17 bits per heavy atom. The number of para-hydroxylation sites is 2. The first-order chi connectivity index (χ1) is 11.5. The number of nitrogen functional groups attached to an aromatic ring is 1. The van der Waals surface area contributed by atoms with Crippen molar-refractivity contribution in [2.75, 3.05) is 5.73 Å². The maximum Gasteiger partial charge on any atom is 0.356 e. The second-order valence-corrected chi connectivity index (χ2v) is 6.61. The standard InChI is InChI=1S/C18H19Cl2N3O/c1-2-9-22-15-5-3-4-6-16(15)23(18(22)21)11-17(24)12-7-8-13(19)14(20)10-12/h3-8,10,17,21,24H,2,9,11H2,1H3/p+1/t17-/m0/s1. The van der Waals surface area contributed by atoms with Crippen LogP contribution in [-0.4, -0.2) is 9.67 Å². The molecule has 1 heterocycles. The molecule has 0 saturated heterocycles. The average molecular weight is 365 g/mol. The number of aliphatic hydroxyl groups is 1. The van der Waals surface area contributed by atoms with Crippen molar-refractivity contribution in [1.29, 1.82) is 0 Å². The fourth-order valence-electron chi connectivity index (χ4n) is 2.96. The Labute approximate surface area is 151 Å². The summed E-state index contributed by atoms with van der Waals surface area (Å²) in [4.78, 5) is 0. The fraction of sp³-hybridized carbons (Fsp3) is 0.278. The van der Waals surface area contributed by atoms with E-state index >= 15 is 0 Å². The van der Waals surface area contributed by atoms with Crippen LogP contribution in [0.1, 0.15) is 25.0 Å². The lowest BCUT2D eigenvalue weighted by atomic mass is 10.1. The lowest BCUT2D eigenvalue weighted by molar-refractivity contribution is -0.666. The molecule has 0 aliphatic carbocycles. The summed E-state index contributed by atoms with van der Waals surface area (Å²) in [6, 6.07) is 13.2. The van der Waals surface area contributed by atoms with Crippen molar-refractivity contribution in [3.8, 4) is 0 Å². The molecule has 126 valence electrons. The summed E-state index contributed by atoms with van der Waals surface area (Å²) in [7, 11) is 0.